The first-order valence-corrected chi connectivity index (χ1v) is 8.50. The van der Waals surface area contributed by atoms with Gasteiger partial charge in [-0.05, 0) is 19.1 Å². The quantitative estimate of drug-likeness (QED) is 0.726. The fraction of sp³-hybridized carbons (Fsp3) is 0.294. The zero-order valence-electron chi connectivity index (χ0n) is 14.5. The van der Waals surface area contributed by atoms with Gasteiger partial charge in [-0.25, -0.2) is 14.8 Å². The molecule has 0 aliphatic heterocycles. The molecule has 0 saturated heterocycles. The molecule has 0 saturated carbocycles. The summed E-state index contributed by atoms with van der Waals surface area (Å²) in [4.78, 5) is 25.6. The number of pyridine rings is 1. The van der Waals surface area contributed by atoms with Crippen molar-refractivity contribution in [3.63, 3.8) is 0 Å². The Morgan fingerprint density at radius 1 is 1.20 bits per heavy atom. The Labute approximate surface area is 149 Å². The van der Waals surface area contributed by atoms with Gasteiger partial charge in [0.05, 0.1) is 16.8 Å². The third kappa shape index (κ3) is 3.25. The minimum Gasteiger partial charge on any atom is -0.397 e. The maximum Gasteiger partial charge on any atom is 0.410 e. The van der Waals surface area contributed by atoms with Crippen molar-refractivity contribution < 1.29 is 9.53 Å². The fourth-order valence-corrected chi connectivity index (χ4v) is 3.32. The topological polar surface area (TPSA) is 117 Å². The lowest BCUT2D eigenvalue weighted by Crippen LogP contribution is -2.16. The number of hydrogen-bond acceptors (Lipinski definition) is 7. The van der Waals surface area contributed by atoms with Crippen LogP contribution in [0.2, 0.25) is 0 Å². The maximum atomic E-state index is 11.1. The number of carbonyl (C=O) groups is 1. The number of primary amides is 1. The highest BCUT2D eigenvalue weighted by Crippen LogP contribution is 2.43. The van der Waals surface area contributed by atoms with Gasteiger partial charge < -0.3 is 16.2 Å². The van der Waals surface area contributed by atoms with E-state index in [-0.39, 0.29) is 16.2 Å². The second-order valence-corrected chi connectivity index (χ2v) is 7.68. The van der Waals surface area contributed by atoms with Gasteiger partial charge in [0.2, 0.25) is 5.06 Å². The van der Waals surface area contributed by atoms with E-state index in [0.717, 1.165) is 5.69 Å². The van der Waals surface area contributed by atoms with E-state index in [4.69, 9.17) is 21.2 Å². The normalized spacial score (nSPS) is 11.7. The smallest absolute Gasteiger partial charge is 0.397 e. The Kier molecular flexibility index (Phi) is 4.08. The molecule has 0 aromatic carbocycles. The largest absolute Gasteiger partial charge is 0.410 e. The minimum absolute atomic E-state index is 0.219. The van der Waals surface area contributed by atoms with Crippen LogP contribution in [0.4, 0.5) is 10.5 Å². The summed E-state index contributed by atoms with van der Waals surface area (Å²) in [6.45, 7) is 7.99. The van der Waals surface area contributed by atoms with Crippen LogP contribution in [-0.2, 0) is 5.41 Å². The number of thiophene rings is 1. The van der Waals surface area contributed by atoms with E-state index in [2.05, 4.69) is 9.97 Å². The third-order valence-electron chi connectivity index (χ3n) is 3.55. The molecule has 0 aliphatic rings. The highest BCUT2D eigenvalue weighted by Gasteiger charge is 2.25. The van der Waals surface area contributed by atoms with Crippen molar-refractivity contribution in [2.24, 2.45) is 5.73 Å². The van der Waals surface area contributed by atoms with E-state index in [1.807, 2.05) is 45.9 Å². The molecule has 3 aromatic heterocycles. The number of amides is 1. The molecule has 3 heterocycles. The van der Waals surface area contributed by atoms with E-state index < -0.39 is 6.09 Å². The monoisotopic (exact) mass is 357 g/mol. The first-order chi connectivity index (χ1) is 11.7. The molecule has 0 radical (unpaired) electrons. The molecular formula is C17H19N5O2S. The number of carbonyl (C=O) groups excluding carboxylic acids is 1. The van der Waals surface area contributed by atoms with Crippen LogP contribution in [0.3, 0.4) is 0 Å². The van der Waals surface area contributed by atoms with E-state index in [1.165, 1.54) is 11.3 Å². The molecule has 0 fully saturated rings. The number of hydrogen-bond donors (Lipinski definition) is 2. The average Bonchev–Trinajstić information content (AvgIpc) is 2.81. The molecule has 7 nitrogen and oxygen atoms in total. The molecule has 0 aliphatic carbocycles. The molecule has 130 valence electrons. The Bertz CT molecular complexity index is 975. The summed E-state index contributed by atoms with van der Waals surface area (Å²) in [5.74, 6) is 0.658. The van der Waals surface area contributed by atoms with Gasteiger partial charge in [0, 0.05) is 11.1 Å². The van der Waals surface area contributed by atoms with Gasteiger partial charge in [0.1, 0.15) is 16.3 Å². The number of nitrogen functional groups attached to an aromatic ring is 1. The molecule has 8 heteroatoms. The fourth-order valence-electron chi connectivity index (χ4n) is 2.36. The lowest BCUT2D eigenvalue weighted by atomic mass is 9.95. The molecule has 1 amide bonds. The third-order valence-corrected chi connectivity index (χ3v) is 4.53. The molecule has 25 heavy (non-hydrogen) atoms. The Morgan fingerprint density at radius 2 is 1.92 bits per heavy atom. The second-order valence-electron chi connectivity index (χ2n) is 6.71. The number of rotatable bonds is 2. The van der Waals surface area contributed by atoms with Gasteiger partial charge in [-0.3, -0.25) is 4.98 Å². The van der Waals surface area contributed by atoms with Crippen LogP contribution in [-0.4, -0.2) is 21.0 Å². The molecule has 3 rings (SSSR count). The minimum atomic E-state index is -0.919. The van der Waals surface area contributed by atoms with Crippen molar-refractivity contribution in [3.05, 3.63) is 29.7 Å². The van der Waals surface area contributed by atoms with E-state index >= 15 is 0 Å². The first kappa shape index (κ1) is 17.1. The predicted molar refractivity (Wildman–Crippen MR) is 98.7 cm³/mol. The first-order valence-electron chi connectivity index (χ1n) is 7.68. The molecule has 0 bridgehead atoms. The van der Waals surface area contributed by atoms with E-state index in [0.29, 0.717) is 27.4 Å². The van der Waals surface area contributed by atoms with Crippen LogP contribution in [0.15, 0.2) is 18.2 Å². The Balaban J connectivity index is 2.35. The van der Waals surface area contributed by atoms with Gasteiger partial charge in [-0.1, -0.05) is 38.2 Å². The van der Waals surface area contributed by atoms with Crippen molar-refractivity contribution in [3.8, 4) is 16.5 Å². The van der Waals surface area contributed by atoms with Crippen LogP contribution in [0.5, 0.6) is 5.06 Å². The highest BCUT2D eigenvalue weighted by molar-refractivity contribution is 7.21. The maximum absolute atomic E-state index is 11.1. The van der Waals surface area contributed by atoms with Crippen molar-refractivity contribution in [1.82, 2.24) is 15.0 Å². The Hall–Kier alpha value is -2.74. The predicted octanol–water partition coefficient (Wildman–Crippen LogP) is 3.40. The number of aryl methyl sites for hydroxylation is 1. The summed E-state index contributed by atoms with van der Waals surface area (Å²) in [6, 6.07) is 5.68. The summed E-state index contributed by atoms with van der Waals surface area (Å²) >= 11 is 1.17. The average molecular weight is 357 g/mol. The summed E-state index contributed by atoms with van der Waals surface area (Å²) in [5.41, 5.74) is 13.5. The molecule has 3 aromatic rings. The highest BCUT2D eigenvalue weighted by atomic mass is 32.1. The summed E-state index contributed by atoms with van der Waals surface area (Å²) in [6.07, 6.45) is -0.919. The number of aromatic nitrogens is 3. The number of nitrogens with zero attached hydrogens (tertiary/aromatic N) is 3. The van der Waals surface area contributed by atoms with Gasteiger partial charge in [-0.2, -0.15) is 0 Å². The van der Waals surface area contributed by atoms with Crippen LogP contribution in [0.1, 0.15) is 32.3 Å². The zero-order valence-corrected chi connectivity index (χ0v) is 15.3. The number of anilines is 1. The van der Waals surface area contributed by atoms with Crippen molar-refractivity contribution in [2.45, 2.75) is 33.1 Å². The van der Waals surface area contributed by atoms with Crippen LogP contribution in [0, 0.1) is 6.92 Å². The van der Waals surface area contributed by atoms with Crippen LogP contribution < -0.4 is 16.2 Å². The summed E-state index contributed by atoms with van der Waals surface area (Å²) in [7, 11) is 0. The number of nitrogens with two attached hydrogens (primary N) is 2. The SMILES string of the molecule is Cc1cccc(-c2nc(C(C)(C)C)nc3sc(OC(N)=O)c(N)c23)n1. The van der Waals surface area contributed by atoms with Gasteiger partial charge in [-0.15, -0.1) is 0 Å². The lowest BCUT2D eigenvalue weighted by Gasteiger charge is -2.17. The van der Waals surface area contributed by atoms with Crippen molar-refractivity contribution in [1.29, 1.82) is 0 Å². The molecule has 0 spiro atoms. The Morgan fingerprint density at radius 3 is 2.52 bits per heavy atom. The molecule has 4 N–H and O–H groups in total. The van der Waals surface area contributed by atoms with Gasteiger partial charge in [0.15, 0.2) is 0 Å². The van der Waals surface area contributed by atoms with Crippen LogP contribution >= 0.6 is 11.3 Å². The summed E-state index contributed by atoms with van der Waals surface area (Å²) < 4.78 is 5.01. The molecule has 0 unspecified atom stereocenters. The van der Waals surface area contributed by atoms with Gasteiger partial charge in [0.25, 0.3) is 0 Å². The van der Waals surface area contributed by atoms with Crippen molar-refractivity contribution >= 4 is 33.3 Å². The number of ether oxygens (including phenoxy) is 1. The standard InChI is InChI=1S/C17H19N5O2S/c1-8-6-5-7-9(20-8)12-10-11(18)14(24-16(19)23)25-13(10)22-15(21-12)17(2,3)4/h5-7H,18H2,1-4H3,(H2,19,23). The van der Waals surface area contributed by atoms with Gasteiger partial charge >= 0.3 is 6.09 Å². The molecule has 0 atom stereocenters. The van der Waals surface area contributed by atoms with E-state index in [9.17, 15) is 4.79 Å². The van der Waals surface area contributed by atoms with Crippen LogP contribution in [0.25, 0.3) is 21.6 Å². The molecular weight excluding hydrogens is 338 g/mol. The second kappa shape index (κ2) is 5.96. The van der Waals surface area contributed by atoms with E-state index in [1.54, 1.807) is 0 Å². The van der Waals surface area contributed by atoms with Crippen molar-refractivity contribution in [2.75, 3.05) is 5.73 Å². The zero-order chi connectivity index (χ0) is 18.4. The number of fused-ring (bicyclic) bond motifs is 1. The lowest BCUT2D eigenvalue weighted by molar-refractivity contribution is 0.212. The summed E-state index contributed by atoms with van der Waals surface area (Å²) in [5, 5.41) is 0.837.